The summed E-state index contributed by atoms with van der Waals surface area (Å²) in [7, 11) is 0. The summed E-state index contributed by atoms with van der Waals surface area (Å²) in [5, 5.41) is 3.31. The van der Waals surface area contributed by atoms with Crippen LogP contribution in [0.5, 0.6) is 0 Å². The molecular weight excluding hydrogens is 332 g/mol. The molecule has 0 amide bonds. The summed E-state index contributed by atoms with van der Waals surface area (Å²) < 4.78 is 2.98. The van der Waals surface area contributed by atoms with Crippen LogP contribution in [0.25, 0.3) is 5.65 Å². The maximum Gasteiger partial charge on any atom is 0.180 e. The molecule has 2 aromatic heterocycles. The molecule has 3 aromatic rings. The second-order valence-corrected chi connectivity index (χ2v) is 5.62. The Hall–Kier alpha value is -2.12. The van der Waals surface area contributed by atoms with Gasteiger partial charge in [-0.15, -0.1) is 0 Å². The van der Waals surface area contributed by atoms with Gasteiger partial charge in [-0.05, 0) is 37.1 Å². The van der Waals surface area contributed by atoms with Crippen molar-refractivity contribution >= 4 is 38.9 Å². The Morgan fingerprint density at radius 3 is 2.62 bits per heavy atom. The van der Waals surface area contributed by atoms with E-state index in [0.29, 0.717) is 11.6 Å². The minimum atomic E-state index is 0.563. The smallest absolute Gasteiger partial charge is 0.180 e. The maximum atomic E-state index is 5.46. The number of nitrogen functional groups attached to an aromatic ring is 1. The highest BCUT2D eigenvalue weighted by molar-refractivity contribution is 9.10. The van der Waals surface area contributed by atoms with Crippen LogP contribution in [0.2, 0.25) is 0 Å². The van der Waals surface area contributed by atoms with Crippen LogP contribution in [0.3, 0.4) is 0 Å². The molecule has 0 aliphatic carbocycles. The molecule has 0 fully saturated rings. The van der Waals surface area contributed by atoms with Crippen LogP contribution in [-0.4, -0.2) is 14.4 Å². The minimum Gasteiger partial charge on any atom is -0.337 e. The summed E-state index contributed by atoms with van der Waals surface area (Å²) in [6.45, 7) is 4.11. The summed E-state index contributed by atoms with van der Waals surface area (Å²) >= 11 is 3.57. The first kappa shape index (κ1) is 13.8. The normalized spacial score (nSPS) is 10.9. The van der Waals surface area contributed by atoms with E-state index in [1.165, 1.54) is 0 Å². The molecule has 0 spiro atoms. The molecule has 0 bridgehead atoms. The number of benzene rings is 1. The van der Waals surface area contributed by atoms with E-state index in [1.807, 2.05) is 10.6 Å². The van der Waals surface area contributed by atoms with Gasteiger partial charge in [0.05, 0.1) is 6.20 Å². The highest BCUT2D eigenvalue weighted by Crippen LogP contribution is 2.27. The largest absolute Gasteiger partial charge is 0.337 e. The molecule has 0 atom stereocenters. The number of imidazole rings is 1. The first-order valence-electron chi connectivity index (χ1n) is 6.42. The predicted molar refractivity (Wildman–Crippen MR) is 87.7 cm³/mol. The highest BCUT2D eigenvalue weighted by Gasteiger charge is 2.09. The van der Waals surface area contributed by atoms with Gasteiger partial charge in [-0.25, -0.2) is 15.8 Å². The number of fused-ring (bicyclic) bond motifs is 1. The zero-order chi connectivity index (χ0) is 15.0. The van der Waals surface area contributed by atoms with Crippen LogP contribution in [0.15, 0.2) is 35.2 Å². The van der Waals surface area contributed by atoms with Gasteiger partial charge in [-0.2, -0.15) is 0 Å². The van der Waals surface area contributed by atoms with Crippen molar-refractivity contribution in [2.45, 2.75) is 13.8 Å². The third-order valence-corrected chi connectivity index (χ3v) is 4.47. The number of nitrogens with zero attached hydrogens (tertiary/aromatic N) is 3. The van der Waals surface area contributed by atoms with E-state index in [-0.39, 0.29) is 0 Å². The average Bonchev–Trinajstić information content (AvgIpc) is 2.93. The quantitative estimate of drug-likeness (QED) is 0.501. The van der Waals surface area contributed by atoms with Gasteiger partial charge in [0.15, 0.2) is 17.3 Å². The van der Waals surface area contributed by atoms with Crippen molar-refractivity contribution in [3.05, 3.63) is 46.3 Å². The summed E-state index contributed by atoms with van der Waals surface area (Å²) in [5.41, 5.74) is 6.58. The number of nitrogens with two attached hydrogens (primary N) is 1. The topological polar surface area (TPSA) is 80.3 Å². The van der Waals surface area contributed by atoms with Crippen molar-refractivity contribution in [1.29, 1.82) is 0 Å². The molecule has 0 saturated heterocycles. The summed E-state index contributed by atoms with van der Waals surface area (Å²) in [6.07, 6.45) is 5.35. The molecule has 0 saturated carbocycles. The van der Waals surface area contributed by atoms with Crippen LogP contribution in [-0.2, 0) is 0 Å². The van der Waals surface area contributed by atoms with Gasteiger partial charge >= 0.3 is 0 Å². The third-order valence-electron chi connectivity index (χ3n) is 3.22. The van der Waals surface area contributed by atoms with Crippen molar-refractivity contribution < 1.29 is 0 Å². The van der Waals surface area contributed by atoms with Gasteiger partial charge in [0.25, 0.3) is 0 Å². The fourth-order valence-corrected chi connectivity index (χ4v) is 2.47. The average molecular weight is 347 g/mol. The molecule has 0 aliphatic heterocycles. The first-order valence-corrected chi connectivity index (χ1v) is 7.22. The second kappa shape index (κ2) is 5.34. The number of hydrazine groups is 1. The number of hydrogen-bond donors (Lipinski definition) is 3. The lowest BCUT2D eigenvalue weighted by Gasteiger charge is -2.12. The molecular formula is C14H15BrN6. The van der Waals surface area contributed by atoms with E-state index in [2.05, 4.69) is 62.6 Å². The Labute approximate surface area is 130 Å². The number of nitrogens with one attached hydrogen (secondary N) is 2. The Morgan fingerprint density at radius 1 is 1.24 bits per heavy atom. The molecule has 1 aromatic carbocycles. The number of aryl methyl sites for hydroxylation is 2. The third kappa shape index (κ3) is 2.57. The van der Waals surface area contributed by atoms with Crippen molar-refractivity contribution in [2.75, 3.05) is 10.7 Å². The fourth-order valence-electron chi connectivity index (χ4n) is 2.24. The van der Waals surface area contributed by atoms with Crippen LogP contribution in [0, 0.1) is 13.8 Å². The van der Waals surface area contributed by atoms with Crippen LogP contribution in [0.4, 0.5) is 17.3 Å². The maximum absolute atomic E-state index is 5.46. The molecule has 0 radical (unpaired) electrons. The van der Waals surface area contributed by atoms with E-state index in [9.17, 15) is 0 Å². The van der Waals surface area contributed by atoms with Crippen LogP contribution >= 0.6 is 15.9 Å². The number of anilines is 3. The van der Waals surface area contributed by atoms with Gasteiger partial charge in [0.2, 0.25) is 0 Å². The molecule has 4 N–H and O–H groups in total. The molecule has 6 nitrogen and oxygen atoms in total. The van der Waals surface area contributed by atoms with Crippen molar-refractivity contribution in [1.82, 2.24) is 14.4 Å². The molecule has 7 heteroatoms. The van der Waals surface area contributed by atoms with Crippen molar-refractivity contribution in [3.8, 4) is 0 Å². The van der Waals surface area contributed by atoms with Gasteiger partial charge in [0, 0.05) is 22.6 Å². The molecule has 2 heterocycles. The Morgan fingerprint density at radius 2 is 1.95 bits per heavy atom. The minimum absolute atomic E-state index is 0.563. The lowest BCUT2D eigenvalue weighted by atomic mass is 10.1. The van der Waals surface area contributed by atoms with E-state index in [0.717, 1.165) is 26.9 Å². The zero-order valence-corrected chi connectivity index (χ0v) is 13.3. The highest BCUT2D eigenvalue weighted by atomic mass is 79.9. The molecule has 3 rings (SSSR count). The number of hydrogen-bond acceptors (Lipinski definition) is 5. The van der Waals surface area contributed by atoms with Gasteiger partial charge in [-0.3, -0.25) is 0 Å². The molecule has 0 unspecified atom stereocenters. The zero-order valence-electron chi connectivity index (χ0n) is 11.7. The van der Waals surface area contributed by atoms with Gasteiger partial charge in [-0.1, -0.05) is 15.9 Å². The lowest BCUT2D eigenvalue weighted by Crippen LogP contribution is -2.11. The van der Waals surface area contributed by atoms with Gasteiger partial charge in [0.1, 0.15) is 0 Å². The van der Waals surface area contributed by atoms with E-state index in [4.69, 9.17) is 5.84 Å². The van der Waals surface area contributed by atoms with E-state index in [1.54, 1.807) is 12.4 Å². The Balaban J connectivity index is 2.07. The second-order valence-electron chi connectivity index (χ2n) is 4.83. The standard InChI is InChI=1S/C14H15BrN6/c1-8-5-10(6-9(2)12(8)15)18-13-14-17-3-4-21(14)7-11(19-13)20-16/h3-7,20H,16H2,1-2H3,(H,18,19). The Bertz CT molecular complexity index is 787. The number of halogens is 1. The molecule has 21 heavy (non-hydrogen) atoms. The first-order chi connectivity index (χ1) is 10.1. The van der Waals surface area contributed by atoms with Gasteiger partial charge < -0.3 is 15.1 Å². The van der Waals surface area contributed by atoms with Crippen molar-refractivity contribution in [3.63, 3.8) is 0 Å². The Kier molecular flexibility index (Phi) is 3.52. The van der Waals surface area contributed by atoms with E-state index >= 15 is 0 Å². The molecule has 108 valence electrons. The van der Waals surface area contributed by atoms with E-state index < -0.39 is 0 Å². The predicted octanol–water partition coefficient (Wildman–Crippen LogP) is 3.14. The summed E-state index contributed by atoms with van der Waals surface area (Å²) in [4.78, 5) is 8.74. The van der Waals surface area contributed by atoms with Crippen LogP contribution < -0.4 is 16.6 Å². The summed E-state index contributed by atoms with van der Waals surface area (Å²) in [6, 6.07) is 4.11. The molecule has 0 aliphatic rings. The number of rotatable bonds is 3. The lowest BCUT2D eigenvalue weighted by molar-refractivity contribution is 1.11. The fraction of sp³-hybridized carbons (Fsp3) is 0.143. The monoisotopic (exact) mass is 346 g/mol. The van der Waals surface area contributed by atoms with Crippen LogP contribution in [0.1, 0.15) is 11.1 Å². The summed E-state index contributed by atoms with van der Waals surface area (Å²) in [5.74, 6) is 6.67. The van der Waals surface area contributed by atoms with Crippen molar-refractivity contribution in [2.24, 2.45) is 5.84 Å². The SMILES string of the molecule is Cc1cc(Nc2nc(NN)cn3ccnc23)cc(C)c1Br. The number of aromatic nitrogens is 3.